The Kier molecular flexibility index (Phi) is 5.72. The third kappa shape index (κ3) is 4.49. The van der Waals surface area contributed by atoms with Gasteiger partial charge >= 0.3 is 0 Å². The molecule has 27 heavy (non-hydrogen) atoms. The van der Waals surface area contributed by atoms with Crippen molar-refractivity contribution in [3.63, 3.8) is 0 Å². The lowest BCUT2D eigenvalue weighted by molar-refractivity contribution is -0.148. The highest BCUT2D eigenvalue weighted by Crippen LogP contribution is 2.33. The number of nitrogens with zero attached hydrogens (tertiary/aromatic N) is 4. The van der Waals surface area contributed by atoms with Crippen LogP contribution in [0.25, 0.3) is 0 Å². The minimum atomic E-state index is -0.225. The number of amides is 2. The average molecular weight is 370 g/mol. The number of hydrogen-bond donors (Lipinski definition) is 0. The predicted octanol–water partition coefficient (Wildman–Crippen LogP) is 1.91. The number of hydrogen-bond acceptors (Lipinski definition) is 4. The summed E-state index contributed by atoms with van der Waals surface area (Å²) in [5.41, 5.74) is 1.21. The van der Waals surface area contributed by atoms with Crippen molar-refractivity contribution in [2.45, 2.75) is 51.1 Å². The molecule has 3 fully saturated rings. The maximum Gasteiger partial charge on any atom is 0.245 e. The highest BCUT2D eigenvalue weighted by molar-refractivity contribution is 5.89. The van der Waals surface area contributed by atoms with Crippen LogP contribution in [0.4, 0.5) is 0 Å². The maximum atomic E-state index is 13.2. The summed E-state index contributed by atoms with van der Waals surface area (Å²) < 4.78 is 0. The molecule has 2 aliphatic heterocycles. The molecule has 0 radical (unpaired) electrons. The van der Waals surface area contributed by atoms with E-state index in [2.05, 4.69) is 16.0 Å². The standard InChI is InChI=1S/C21H30N4O2/c26-20(18-7-8-18)25-12-2-1-6-19(25)21(27)24-11-4-10-23(13-14-24)16-17-5-3-9-22-15-17/h3,5,9,15,18-19H,1-2,4,6-8,10-14,16H2. The molecule has 1 saturated carbocycles. The molecule has 2 amide bonds. The number of carbonyl (C=O) groups is 2. The number of aromatic nitrogens is 1. The second-order valence-corrected chi connectivity index (χ2v) is 8.13. The van der Waals surface area contributed by atoms with Gasteiger partial charge in [-0.3, -0.25) is 19.5 Å². The molecule has 1 aliphatic carbocycles. The van der Waals surface area contributed by atoms with E-state index in [0.29, 0.717) is 0 Å². The molecule has 0 bridgehead atoms. The fourth-order valence-corrected chi connectivity index (χ4v) is 4.33. The first-order valence-electron chi connectivity index (χ1n) is 10.4. The van der Waals surface area contributed by atoms with Gasteiger partial charge in [-0.05, 0) is 50.2 Å². The lowest BCUT2D eigenvalue weighted by atomic mass is 10.00. The summed E-state index contributed by atoms with van der Waals surface area (Å²) in [6, 6.07) is 3.85. The molecule has 1 aromatic heterocycles. The molecule has 3 aliphatic rings. The fraction of sp³-hybridized carbons (Fsp3) is 0.667. The summed E-state index contributed by atoms with van der Waals surface area (Å²) in [4.78, 5) is 36.4. The Morgan fingerprint density at radius 2 is 1.85 bits per heavy atom. The second-order valence-electron chi connectivity index (χ2n) is 8.13. The van der Waals surface area contributed by atoms with Gasteiger partial charge in [0.15, 0.2) is 0 Å². The molecule has 146 valence electrons. The minimum absolute atomic E-state index is 0.173. The van der Waals surface area contributed by atoms with Crippen LogP contribution in [-0.4, -0.2) is 70.3 Å². The number of piperidine rings is 1. The van der Waals surface area contributed by atoms with Gasteiger partial charge in [0.1, 0.15) is 6.04 Å². The molecule has 0 spiro atoms. The smallest absolute Gasteiger partial charge is 0.245 e. The molecule has 6 heteroatoms. The van der Waals surface area contributed by atoms with Crippen LogP contribution < -0.4 is 0 Å². The molecule has 0 aromatic carbocycles. The van der Waals surface area contributed by atoms with Gasteiger partial charge in [-0.2, -0.15) is 0 Å². The van der Waals surface area contributed by atoms with Crippen molar-refractivity contribution in [3.05, 3.63) is 30.1 Å². The molecule has 1 atom stereocenters. The molecular weight excluding hydrogens is 340 g/mol. The molecule has 6 nitrogen and oxygen atoms in total. The SMILES string of the molecule is O=C(C1CCCCN1C(=O)C1CC1)N1CCCN(Cc2cccnc2)CC1. The molecule has 3 heterocycles. The number of rotatable bonds is 4. The van der Waals surface area contributed by atoms with Gasteiger partial charge in [0.05, 0.1) is 0 Å². The maximum absolute atomic E-state index is 13.2. The van der Waals surface area contributed by atoms with Crippen molar-refractivity contribution in [3.8, 4) is 0 Å². The summed E-state index contributed by atoms with van der Waals surface area (Å²) in [7, 11) is 0. The highest BCUT2D eigenvalue weighted by Gasteiger charge is 2.40. The lowest BCUT2D eigenvalue weighted by Crippen LogP contribution is -2.54. The van der Waals surface area contributed by atoms with Crippen molar-refractivity contribution in [2.75, 3.05) is 32.7 Å². The fourth-order valence-electron chi connectivity index (χ4n) is 4.33. The Labute approximate surface area is 161 Å². The third-order valence-electron chi connectivity index (χ3n) is 6.03. The predicted molar refractivity (Wildman–Crippen MR) is 103 cm³/mol. The van der Waals surface area contributed by atoms with E-state index in [9.17, 15) is 9.59 Å². The summed E-state index contributed by atoms with van der Waals surface area (Å²) >= 11 is 0. The van der Waals surface area contributed by atoms with Gasteiger partial charge < -0.3 is 9.80 Å². The average Bonchev–Trinajstić information content (AvgIpc) is 3.56. The Balaban J connectivity index is 1.36. The van der Waals surface area contributed by atoms with E-state index in [1.54, 1.807) is 6.20 Å². The van der Waals surface area contributed by atoms with Gasteiger partial charge in [0.2, 0.25) is 11.8 Å². The van der Waals surface area contributed by atoms with Crippen molar-refractivity contribution in [1.29, 1.82) is 0 Å². The van der Waals surface area contributed by atoms with Gasteiger partial charge in [-0.1, -0.05) is 6.07 Å². The molecule has 2 saturated heterocycles. The largest absolute Gasteiger partial charge is 0.340 e. The summed E-state index contributed by atoms with van der Waals surface area (Å²) in [5, 5.41) is 0. The van der Waals surface area contributed by atoms with E-state index in [1.165, 1.54) is 5.56 Å². The number of carbonyl (C=O) groups excluding carboxylic acids is 2. The van der Waals surface area contributed by atoms with Crippen LogP contribution >= 0.6 is 0 Å². The van der Waals surface area contributed by atoms with Crippen molar-refractivity contribution in [2.24, 2.45) is 5.92 Å². The first kappa shape index (κ1) is 18.4. The van der Waals surface area contributed by atoms with Crippen molar-refractivity contribution >= 4 is 11.8 Å². The highest BCUT2D eigenvalue weighted by atomic mass is 16.2. The van der Waals surface area contributed by atoms with Gasteiger partial charge in [0.25, 0.3) is 0 Å². The van der Waals surface area contributed by atoms with E-state index in [0.717, 1.165) is 77.8 Å². The molecule has 1 aromatic rings. The number of pyridine rings is 1. The van der Waals surface area contributed by atoms with Gasteiger partial charge in [-0.25, -0.2) is 0 Å². The van der Waals surface area contributed by atoms with E-state index >= 15 is 0 Å². The zero-order chi connectivity index (χ0) is 18.6. The first-order valence-corrected chi connectivity index (χ1v) is 10.4. The third-order valence-corrected chi connectivity index (χ3v) is 6.03. The minimum Gasteiger partial charge on any atom is -0.340 e. The molecule has 1 unspecified atom stereocenters. The van der Waals surface area contributed by atoms with Crippen LogP contribution in [0.1, 0.15) is 44.1 Å². The van der Waals surface area contributed by atoms with Crippen molar-refractivity contribution < 1.29 is 9.59 Å². The van der Waals surface area contributed by atoms with Gasteiger partial charge in [0, 0.05) is 57.6 Å². The Morgan fingerprint density at radius 3 is 2.63 bits per heavy atom. The zero-order valence-electron chi connectivity index (χ0n) is 16.1. The lowest BCUT2D eigenvalue weighted by Gasteiger charge is -2.37. The quantitative estimate of drug-likeness (QED) is 0.812. The van der Waals surface area contributed by atoms with Crippen LogP contribution in [0.3, 0.4) is 0 Å². The van der Waals surface area contributed by atoms with Crippen LogP contribution in [-0.2, 0) is 16.1 Å². The summed E-state index contributed by atoms with van der Waals surface area (Å²) in [5.74, 6) is 0.588. The zero-order valence-corrected chi connectivity index (χ0v) is 16.1. The van der Waals surface area contributed by atoms with E-state index in [-0.39, 0.29) is 23.8 Å². The molecule has 4 rings (SSSR count). The van der Waals surface area contributed by atoms with Gasteiger partial charge in [-0.15, -0.1) is 0 Å². The van der Waals surface area contributed by atoms with Crippen LogP contribution in [0.15, 0.2) is 24.5 Å². The Morgan fingerprint density at radius 1 is 0.963 bits per heavy atom. The molecule has 0 N–H and O–H groups in total. The van der Waals surface area contributed by atoms with Crippen LogP contribution in [0.2, 0.25) is 0 Å². The Bertz CT molecular complexity index is 661. The Hall–Kier alpha value is -1.95. The van der Waals surface area contributed by atoms with E-state index in [1.807, 2.05) is 22.1 Å². The molecular formula is C21H30N4O2. The summed E-state index contributed by atoms with van der Waals surface area (Å²) in [6.07, 6.45) is 9.60. The normalized spacial score (nSPS) is 24.5. The number of likely N-dealkylation sites (tertiary alicyclic amines) is 1. The van der Waals surface area contributed by atoms with Crippen molar-refractivity contribution in [1.82, 2.24) is 19.7 Å². The monoisotopic (exact) mass is 370 g/mol. The van der Waals surface area contributed by atoms with Crippen LogP contribution in [0, 0.1) is 5.92 Å². The van der Waals surface area contributed by atoms with E-state index in [4.69, 9.17) is 0 Å². The topological polar surface area (TPSA) is 56.8 Å². The summed E-state index contributed by atoms with van der Waals surface area (Å²) in [6.45, 7) is 5.06. The van der Waals surface area contributed by atoms with E-state index < -0.39 is 0 Å². The second kappa shape index (κ2) is 8.38. The first-order chi connectivity index (χ1) is 13.2. The van der Waals surface area contributed by atoms with Crippen LogP contribution in [0.5, 0.6) is 0 Å².